The molecular weight excluding hydrogens is 211 g/mol. The van der Waals surface area contributed by atoms with Gasteiger partial charge in [0.25, 0.3) is 0 Å². The second kappa shape index (κ2) is 4.49. The van der Waals surface area contributed by atoms with Crippen LogP contribution in [0.3, 0.4) is 0 Å². The van der Waals surface area contributed by atoms with Crippen molar-refractivity contribution >= 4 is 29.2 Å². The smallest absolute Gasteiger partial charge is 0.303 e. The van der Waals surface area contributed by atoms with Gasteiger partial charge in [-0.25, -0.2) is 0 Å². The van der Waals surface area contributed by atoms with Crippen LogP contribution in [0.5, 0.6) is 0 Å². The quantitative estimate of drug-likeness (QED) is 0.848. The standard InChI is InChI=1S/C9H8Cl2O2/c10-7-3-6(1-2-9(12)13)4-8(11)5-7/h3-5H,1-2H2,(H,12,13). The molecule has 0 amide bonds. The summed E-state index contributed by atoms with van der Waals surface area (Å²) in [7, 11) is 0. The van der Waals surface area contributed by atoms with Crippen molar-refractivity contribution in [3.05, 3.63) is 33.8 Å². The van der Waals surface area contributed by atoms with Crippen molar-refractivity contribution in [2.24, 2.45) is 0 Å². The number of carbonyl (C=O) groups is 1. The lowest BCUT2D eigenvalue weighted by Crippen LogP contribution is -1.97. The molecule has 0 aliphatic rings. The molecule has 0 saturated carbocycles. The summed E-state index contributed by atoms with van der Waals surface area (Å²) >= 11 is 11.5. The Morgan fingerprint density at radius 1 is 1.23 bits per heavy atom. The van der Waals surface area contributed by atoms with E-state index in [4.69, 9.17) is 28.3 Å². The van der Waals surface area contributed by atoms with Crippen LogP contribution >= 0.6 is 23.2 Å². The Bertz CT molecular complexity index is 303. The fourth-order valence-electron chi connectivity index (χ4n) is 1.01. The molecule has 1 aromatic carbocycles. The van der Waals surface area contributed by atoms with Crippen LogP contribution in [0.2, 0.25) is 10.0 Å². The number of aryl methyl sites for hydroxylation is 1. The molecule has 0 fully saturated rings. The molecule has 0 bridgehead atoms. The predicted octanol–water partition coefficient (Wildman–Crippen LogP) is 3.01. The number of benzene rings is 1. The molecule has 0 spiro atoms. The minimum absolute atomic E-state index is 0.0939. The van der Waals surface area contributed by atoms with Crippen molar-refractivity contribution in [1.82, 2.24) is 0 Å². The Morgan fingerprint density at radius 2 is 1.77 bits per heavy atom. The average Bonchev–Trinajstić information content (AvgIpc) is 1.99. The third kappa shape index (κ3) is 3.66. The van der Waals surface area contributed by atoms with Crippen LogP contribution in [0.15, 0.2) is 18.2 Å². The Morgan fingerprint density at radius 3 is 2.23 bits per heavy atom. The summed E-state index contributed by atoms with van der Waals surface area (Å²) in [5, 5.41) is 9.52. The molecule has 0 radical (unpaired) electrons. The van der Waals surface area contributed by atoms with Crippen molar-refractivity contribution in [2.75, 3.05) is 0 Å². The van der Waals surface area contributed by atoms with Gasteiger partial charge in [0, 0.05) is 16.5 Å². The Labute approximate surface area is 86.1 Å². The van der Waals surface area contributed by atoms with E-state index in [2.05, 4.69) is 0 Å². The first kappa shape index (κ1) is 10.4. The summed E-state index contributed by atoms with van der Waals surface area (Å²) in [6.07, 6.45) is 0.548. The molecule has 0 aliphatic heterocycles. The average molecular weight is 219 g/mol. The monoisotopic (exact) mass is 218 g/mol. The second-order valence-corrected chi connectivity index (χ2v) is 3.54. The topological polar surface area (TPSA) is 37.3 Å². The Balaban J connectivity index is 2.71. The maximum atomic E-state index is 10.3. The van der Waals surface area contributed by atoms with Gasteiger partial charge in [-0.05, 0) is 30.2 Å². The van der Waals surface area contributed by atoms with E-state index in [9.17, 15) is 4.79 Å². The molecule has 0 atom stereocenters. The molecule has 0 aromatic heterocycles. The number of hydrogen-bond donors (Lipinski definition) is 1. The SMILES string of the molecule is O=C(O)CCc1cc(Cl)cc(Cl)c1. The van der Waals surface area contributed by atoms with Crippen LogP contribution in [0.1, 0.15) is 12.0 Å². The van der Waals surface area contributed by atoms with E-state index in [-0.39, 0.29) is 6.42 Å². The fraction of sp³-hybridized carbons (Fsp3) is 0.222. The second-order valence-electron chi connectivity index (χ2n) is 2.67. The Hall–Kier alpha value is -0.730. The van der Waals surface area contributed by atoms with E-state index in [0.717, 1.165) is 5.56 Å². The van der Waals surface area contributed by atoms with Crippen LogP contribution in [-0.2, 0) is 11.2 Å². The van der Waals surface area contributed by atoms with Crippen LogP contribution in [0.25, 0.3) is 0 Å². The van der Waals surface area contributed by atoms with Gasteiger partial charge in [0.1, 0.15) is 0 Å². The summed E-state index contributed by atoms with van der Waals surface area (Å²) in [6.45, 7) is 0. The van der Waals surface area contributed by atoms with Crippen LogP contribution in [0.4, 0.5) is 0 Å². The molecule has 70 valence electrons. The van der Waals surface area contributed by atoms with Crippen molar-refractivity contribution in [1.29, 1.82) is 0 Å². The summed E-state index contributed by atoms with van der Waals surface area (Å²) in [5.74, 6) is -0.823. The van der Waals surface area contributed by atoms with Crippen molar-refractivity contribution < 1.29 is 9.90 Å². The third-order valence-electron chi connectivity index (χ3n) is 1.55. The molecule has 1 aromatic rings. The van der Waals surface area contributed by atoms with Crippen molar-refractivity contribution in [2.45, 2.75) is 12.8 Å². The van der Waals surface area contributed by atoms with E-state index >= 15 is 0 Å². The summed E-state index contributed by atoms with van der Waals surface area (Å²) in [5.41, 5.74) is 0.847. The number of carboxylic acid groups (broad SMARTS) is 1. The van der Waals surface area contributed by atoms with E-state index in [1.54, 1.807) is 18.2 Å². The summed E-state index contributed by atoms with van der Waals surface area (Å²) < 4.78 is 0. The van der Waals surface area contributed by atoms with Crippen molar-refractivity contribution in [3.63, 3.8) is 0 Å². The minimum Gasteiger partial charge on any atom is -0.481 e. The third-order valence-corrected chi connectivity index (χ3v) is 1.99. The highest BCUT2D eigenvalue weighted by Gasteiger charge is 2.01. The van der Waals surface area contributed by atoms with Crippen LogP contribution < -0.4 is 0 Å². The maximum absolute atomic E-state index is 10.3. The highest BCUT2D eigenvalue weighted by molar-refractivity contribution is 6.34. The Kier molecular flexibility index (Phi) is 3.58. The molecule has 0 aliphatic carbocycles. The largest absolute Gasteiger partial charge is 0.481 e. The number of carboxylic acids is 1. The zero-order valence-electron chi connectivity index (χ0n) is 6.76. The lowest BCUT2D eigenvalue weighted by molar-refractivity contribution is -0.136. The van der Waals surface area contributed by atoms with E-state index in [1.165, 1.54) is 0 Å². The van der Waals surface area contributed by atoms with Crippen LogP contribution in [0, 0.1) is 0 Å². The van der Waals surface area contributed by atoms with Gasteiger partial charge in [-0.2, -0.15) is 0 Å². The van der Waals surface area contributed by atoms with Crippen LogP contribution in [-0.4, -0.2) is 11.1 Å². The fourth-order valence-corrected chi connectivity index (χ4v) is 1.58. The van der Waals surface area contributed by atoms with E-state index in [0.29, 0.717) is 16.5 Å². The van der Waals surface area contributed by atoms with Gasteiger partial charge in [-0.3, -0.25) is 4.79 Å². The number of rotatable bonds is 3. The lowest BCUT2D eigenvalue weighted by atomic mass is 10.1. The van der Waals surface area contributed by atoms with Gasteiger partial charge in [0.2, 0.25) is 0 Å². The molecular formula is C9H8Cl2O2. The van der Waals surface area contributed by atoms with E-state index < -0.39 is 5.97 Å². The van der Waals surface area contributed by atoms with Gasteiger partial charge in [0.05, 0.1) is 0 Å². The highest BCUT2D eigenvalue weighted by Crippen LogP contribution is 2.19. The summed E-state index contributed by atoms with van der Waals surface area (Å²) in [6, 6.07) is 5.06. The first-order chi connectivity index (χ1) is 6.08. The van der Waals surface area contributed by atoms with Crippen molar-refractivity contribution in [3.8, 4) is 0 Å². The number of halogens is 2. The van der Waals surface area contributed by atoms with Gasteiger partial charge in [-0.15, -0.1) is 0 Å². The first-order valence-corrected chi connectivity index (χ1v) is 4.50. The predicted molar refractivity (Wildman–Crippen MR) is 52.4 cm³/mol. The number of aliphatic carboxylic acids is 1. The molecule has 4 heteroatoms. The normalized spacial score (nSPS) is 10.0. The number of hydrogen-bond acceptors (Lipinski definition) is 1. The zero-order valence-corrected chi connectivity index (χ0v) is 8.27. The van der Waals surface area contributed by atoms with Gasteiger partial charge in [-0.1, -0.05) is 23.2 Å². The summed E-state index contributed by atoms with van der Waals surface area (Å²) in [4.78, 5) is 10.3. The molecule has 1 rings (SSSR count). The highest BCUT2D eigenvalue weighted by atomic mass is 35.5. The molecule has 0 heterocycles. The lowest BCUT2D eigenvalue weighted by Gasteiger charge is -2.00. The van der Waals surface area contributed by atoms with E-state index in [1.807, 2.05) is 0 Å². The molecule has 13 heavy (non-hydrogen) atoms. The molecule has 1 N–H and O–H groups in total. The molecule has 0 unspecified atom stereocenters. The first-order valence-electron chi connectivity index (χ1n) is 3.74. The molecule has 0 saturated heterocycles. The van der Waals surface area contributed by atoms with Gasteiger partial charge < -0.3 is 5.11 Å². The zero-order chi connectivity index (χ0) is 9.84. The maximum Gasteiger partial charge on any atom is 0.303 e. The molecule has 2 nitrogen and oxygen atoms in total. The van der Waals surface area contributed by atoms with Gasteiger partial charge >= 0.3 is 5.97 Å². The van der Waals surface area contributed by atoms with Gasteiger partial charge in [0.15, 0.2) is 0 Å². The minimum atomic E-state index is -0.823.